The number of terminal acetylenes is 1. The molecular weight excluding hydrogens is 172 g/mol. The topological polar surface area (TPSA) is 17.1 Å². The van der Waals surface area contributed by atoms with Crippen molar-refractivity contribution in [1.82, 2.24) is 0 Å². The zero-order valence-electron chi connectivity index (χ0n) is 8.58. The summed E-state index contributed by atoms with van der Waals surface area (Å²) in [6, 6.07) is 9.73. The molecule has 0 aliphatic heterocycles. The fourth-order valence-electron chi connectivity index (χ4n) is 1.54. The number of Topliss-reactive ketones (excluding diaryl/α,β-unsaturated/α-hetero) is 1. The molecule has 0 aliphatic carbocycles. The van der Waals surface area contributed by atoms with Gasteiger partial charge in [-0.25, -0.2) is 0 Å². The van der Waals surface area contributed by atoms with E-state index in [1.54, 1.807) is 6.92 Å². The van der Waals surface area contributed by atoms with Gasteiger partial charge in [-0.05, 0) is 19.4 Å². The van der Waals surface area contributed by atoms with Crippen LogP contribution in [0.3, 0.4) is 0 Å². The molecular formula is C13H14O. The average Bonchev–Trinajstić information content (AvgIpc) is 2.18. The standard InChI is InChI=1S/C13H14O/c1-4-13(3,10-11(2)14)12-8-6-5-7-9-12/h1,5-9H,10H2,2-3H3. The molecule has 1 rings (SSSR count). The lowest BCUT2D eigenvalue weighted by Gasteiger charge is -2.22. The van der Waals surface area contributed by atoms with Crippen molar-refractivity contribution >= 4 is 5.78 Å². The third-order valence-electron chi connectivity index (χ3n) is 2.33. The molecule has 0 radical (unpaired) electrons. The second-order valence-electron chi connectivity index (χ2n) is 3.72. The van der Waals surface area contributed by atoms with Crippen LogP contribution in [0.4, 0.5) is 0 Å². The minimum atomic E-state index is -0.465. The summed E-state index contributed by atoms with van der Waals surface area (Å²) in [5.41, 5.74) is 0.560. The van der Waals surface area contributed by atoms with Crippen molar-refractivity contribution in [2.45, 2.75) is 25.7 Å². The van der Waals surface area contributed by atoms with Gasteiger partial charge in [0.2, 0.25) is 0 Å². The molecule has 1 aromatic rings. The monoisotopic (exact) mass is 186 g/mol. The molecule has 0 N–H and O–H groups in total. The van der Waals surface area contributed by atoms with E-state index in [1.165, 1.54) is 0 Å². The Hall–Kier alpha value is -1.55. The van der Waals surface area contributed by atoms with Gasteiger partial charge in [-0.15, -0.1) is 6.42 Å². The molecule has 0 bridgehead atoms. The van der Waals surface area contributed by atoms with Crippen LogP contribution < -0.4 is 0 Å². The van der Waals surface area contributed by atoms with E-state index in [-0.39, 0.29) is 5.78 Å². The molecule has 0 amide bonds. The summed E-state index contributed by atoms with van der Waals surface area (Å²) >= 11 is 0. The first-order chi connectivity index (χ1) is 6.58. The lowest BCUT2D eigenvalue weighted by molar-refractivity contribution is -0.117. The van der Waals surface area contributed by atoms with E-state index in [0.29, 0.717) is 6.42 Å². The van der Waals surface area contributed by atoms with Gasteiger partial charge >= 0.3 is 0 Å². The van der Waals surface area contributed by atoms with Crippen molar-refractivity contribution in [1.29, 1.82) is 0 Å². The second-order valence-corrected chi connectivity index (χ2v) is 3.72. The fourth-order valence-corrected chi connectivity index (χ4v) is 1.54. The molecule has 0 aromatic heterocycles. The van der Waals surface area contributed by atoms with E-state index < -0.39 is 5.41 Å². The number of hydrogen-bond acceptors (Lipinski definition) is 1. The Labute approximate surface area is 85.1 Å². The maximum Gasteiger partial charge on any atom is 0.131 e. The molecule has 0 spiro atoms. The molecule has 1 unspecified atom stereocenters. The Kier molecular flexibility index (Phi) is 3.09. The Morgan fingerprint density at radius 3 is 2.43 bits per heavy atom. The maximum atomic E-state index is 11.1. The zero-order valence-corrected chi connectivity index (χ0v) is 8.58. The molecule has 0 saturated carbocycles. The minimum Gasteiger partial charge on any atom is -0.300 e. The van der Waals surface area contributed by atoms with Crippen LogP contribution in [0.15, 0.2) is 30.3 Å². The van der Waals surface area contributed by atoms with Crippen molar-refractivity contribution in [2.24, 2.45) is 0 Å². The van der Waals surface area contributed by atoms with Crippen LogP contribution in [0, 0.1) is 12.3 Å². The van der Waals surface area contributed by atoms with E-state index in [2.05, 4.69) is 5.92 Å². The number of rotatable bonds is 3. The number of carbonyl (C=O) groups excluding carboxylic acids is 1. The predicted octanol–water partition coefficient (Wildman–Crippen LogP) is 2.56. The van der Waals surface area contributed by atoms with Crippen LogP contribution in [-0.2, 0) is 10.2 Å². The van der Waals surface area contributed by atoms with Gasteiger partial charge in [0.05, 0.1) is 5.41 Å². The Morgan fingerprint density at radius 1 is 1.43 bits per heavy atom. The van der Waals surface area contributed by atoms with Crippen LogP contribution in [0.2, 0.25) is 0 Å². The summed E-state index contributed by atoms with van der Waals surface area (Å²) in [5.74, 6) is 2.82. The third kappa shape index (κ3) is 2.23. The van der Waals surface area contributed by atoms with Gasteiger partial charge in [-0.3, -0.25) is 4.79 Å². The van der Waals surface area contributed by atoms with Gasteiger partial charge in [0.1, 0.15) is 5.78 Å². The highest BCUT2D eigenvalue weighted by atomic mass is 16.1. The quantitative estimate of drug-likeness (QED) is 0.663. The number of hydrogen-bond donors (Lipinski definition) is 0. The van der Waals surface area contributed by atoms with Crippen LogP contribution in [-0.4, -0.2) is 5.78 Å². The van der Waals surface area contributed by atoms with E-state index in [4.69, 9.17) is 6.42 Å². The number of carbonyl (C=O) groups is 1. The highest BCUT2D eigenvalue weighted by Gasteiger charge is 2.25. The van der Waals surface area contributed by atoms with Crippen LogP contribution in [0.5, 0.6) is 0 Å². The lowest BCUT2D eigenvalue weighted by atomic mass is 9.79. The second kappa shape index (κ2) is 4.11. The van der Waals surface area contributed by atoms with E-state index in [9.17, 15) is 4.79 Å². The fraction of sp³-hybridized carbons (Fsp3) is 0.308. The van der Waals surface area contributed by atoms with E-state index in [0.717, 1.165) is 5.56 Å². The average molecular weight is 186 g/mol. The largest absolute Gasteiger partial charge is 0.300 e. The van der Waals surface area contributed by atoms with Gasteiger partial charge in [0.25, 0.3) is 0 Å². The minimum absolute atomic E-state index is 0.120. The van der Waals surface area contributed by atoms with Gasteiger partial charge in [-0.2, -0.15) is 0 Å². The van der Waals surface area contributed by atoms with Crippen LogP contribution in [0.1, 0.15) is 25.8 Å². The van der Waals surface area contributed by atoms with Crippen LogP contribution in [0.25, 0.3) is 0 Å². The summed E-state index contributed by atoms with van der Waals surface area (Å²) in [6.45, 7) is 3.49. The molecule has 0 aliphatic rings. The van der Waals surface area contributed by atoms with Crippen LogP contribution >= 0.6 is 0 Å². The Morgan fingerprint density at radius 2 is 2.00 bits per heavy atom. The molecule has 0 fully saturated rings. The van der Waals surface area contributed by atoms with E-state index in [1.807, 2.05) is 37.3 Å². The summed E-state index contributed by atoms with van der Waals surface area (Å²) in [4.78, 5) is 11.1. The first-order valence-electron chi connectivity index (χ1n) is 4.61. The first kappa shape index (κ1) is 10.5. The van der Waals surface area contributed by atoms with Crippen molar-refractivity contribution in [3.05, 3.63) is 35.9 Å². The molecule has 1 nitrogen and oxygen atoms in total. The molecule has 72 valence electrons. The van der Waals surface area contributed by atoms with Gasteiger partial charge in [0.15, 0.2) is 0 Å². The number of ketones is 1. The van der Waals surface area contributed by atoms with Crippen molar-refractivity contribution < 1.29 is 4.79 Å². The van der Waals surface area contributed by atoms with Crippen molar-refractivity contribution in [3.63, 3.8) is 0 Å². The lowest BCUT2D eigenvalue weighted by Crippen LogP contribution is -2.22. The highest BCUT2D eigenvalue weighted by Crippen LogP contribution is 2.26. The Balaban J connectivity index is 3.03. The smallest absolute Gasteiger partial charge is 0.131 e. The summed E-state index contributed by atoms with van der Waals surface area (Å²) in [7, 11) is 0. The zero-order chi connectivity index (χ0) is 10.6. The summed E-state index contributed by atoms with van der Waals surface area (Å²) in [5, 5.41) is 0. The molecule has 14 heavy (non-hydrogen) atoms. The predicted molar refractivity (Wildman–Crippen MR) is 57.9 cm³/mol. The first-order valence-corrected chi connectivity index (χ1v) is 4.61. The van der Waals surface area contributed by atoms with Crippen molar-refractivity contribution in [3.8, 4) is 12.3 Å². The highest BCUT2D eigenvalue weighted by molar-refractivity contribution is 5.78. The molecule has 1 atom stereocenters. The molecule has 0 heterocycles. The van der Waals surface area contributed by atoms with Gasteiger partial charge < -0.3 is 0 Å². The maximum absolute atomic E-state index is 11.1. The normalized spacial score (nSPS) is 14.1. The summed E-state index contributed by atoms with van der Waals surface area (Å²) in [6.07, 6.45) is 5.88. The SMILES string of the molecule is C#CC(C)(CC(C)=O)c1ccccc1. The number of benzene rings is 1. The summed E-state index contributed by atoms with van der Waals surface area (Å²) < 4.78 is 0. The third-order valence-corrected chi connectivity index (χ3v) is 2.33. The van der Waals surface area contributed by atoms with E-state index >= 15 is 0 Å². The van der Waals surface area contributed by atoms with Gasteiger partial charge in [0, 0.05) is 6.42 Å². The van der Waals surface area contributed by atoms with Gasteiger partial charge in [-0.1, -0.05) is 36.3 Å². The molecule has 1 aromatic carbocycles. The molecule has 1 heteroatoms. The van der Waals surface area contributed by atoms with Crippen molar-refractivity contribution in [2.75, 3.05) is 0 Å². The molecule has 0 saturated heterocycles. The Bertz CT molecular complexity index is 359.